The second-order valence-corrected chi connectivity index (χ2v) is 4.42. The van der Waals surface area contributed by atoms with Crippen molar-refractivity contribution in [2.24, 2.45) is 0 Å². The smallest absolute Gasteiger partial charge is 0.158 e. The van der Waals surface area contributed by atoms with Gasteiger partial charge in [-0.25, -0.2) is 9.97 Å². The van der Waals surface area contributed by atoms with Gasteiger partial charge < -0.3 is 4.74 Å². The first kappa shape index (κ1) is 12.2. The second kappa shape index (κ2) is 5.38. The van der Waals surface area contributed by atoms with Crippen molar-refractivity contribution in [3.8, 4) is 0 Å². The number of ether oxygens (including phenoxy) is 1. The fourth-order valence-electron chi connectivity index (χ4n) is 2.10. The van der Waals surface area contributed by atoms with Crippen LogP contribution in [0, 0.1) is 13.8 Å². The molecule has 4 nitrogen and oxygen atoms in total. The largest absolute Gasteiger partial charge is 0.368 e. The lowest BCUT2D eigenvalue weighted by molar-refractivity contribution is -0.0306. The van der Waals surface area contributed by atoms with E-state index < -0.39 is 0 Å². The van der Waals surface area contributed by atoms with Gasteiger partial charge in [0, 0.05) is 31.0 Å². The van der Waals surface area contributed by atoms with E-state index in [1.807, 2.05) is 26.0 Å². The van der Waals surface area contributed by atoms with Crippen LogP contribution in [0.4, 0.5) is 0 Å². The first-order valence-electron chi connectivity index (χ1n) is 5.96. The van der Waals surface area contributed by atoms with Gasteiger partial charge in [0.2, 0.25) is 0 Å². The van der Waals surface area contributed by atoms with Crippen molar-refractivity contribution in [2.45, 2.75) is 20.0 Å². The second-order valence-electron chi connectivity index (χ2n) is 4.42. The summed E-state index contributed by atoms with van der Waals surface area (Å²) in [5, 5.41) is 0. The SMILES string of the molecule is C=CCN1CCO[C@@H](c2nc(C)cc(C)n2)C1. The summed E-state index contributed by atoms with van der Waals surface area (Å²) in [6.07, 6.45) is 1.91. The van der Waals surface area contributed by atoms with E-state index in [2.05, 4.69) is 21.4 Å². The molecule has 1 fully saturated rings. The molecule has 0 aromatic carbocycles. The van der Waals surface area contributed by atoms with Crippen molar-refractivity contribution in [1.82, 2.24) is 14.9 Å². The summed E-state index contributed by atoms with van der Waals surface area (Å²) < 4.78 is 5.75. The molecule has 17 heavy (non-hydrogen) atoms. The Labute approximate surface area is 102 Å². The lowest BCUT2D eigenvalue weighted by Gasteiger charge is -2.31. The number of rotatable bonds is 3. The molecule has 1 aliphatic heterocycles. The van der Waals surface area contributed by atoms with Gasteiger partial charge in [0.25, 0.3) is 0 Å². The van der Waals surface area contributed by atoms with Crippen LogP contribution in [0.25, 0.3) is 0 Å². The Kier molecular flexibility index (Phi) is 3.86. The summed E-state index contributed by atoms with van der Waals surface area (Å²) in [6.45, 7) is 11.2. The maximum Gasteiger partial charge on any atom is 0.158 e. The molecule has 0 aliphatic carbocycles. The van der Waals surface area contributed by atoms with Gasteiger partial charge in [-0.3, -0.25) is 4.90 Å². The van der Waals surface area contributed by atoms with Crippen LogP contribution in [0.1, 0.15) is 23.3 Å². The molecule has 92 valence electrons. The number of aryl methyl sites for hydroxylation is 2. The van der Waals surface area contributed by atoms with E-state index in [4.69, 9.17) is 4.74 Å². The molecule has 0 spiro atoms. The average Bonchev–Trinajstić information content (AvgIpc) is 2.28. The van der Waals surface area contributed by atoms with Crippen LogP contribution < -0.4 is 0 Å². The lowest BCUT2D eigenvalue weighted by Crippen LogP contribution is -2.39. The van der Waals surface area contributed by atoms with Gasteiger partial charge in [-0.15, -0.1) is 6.58 Å². The molecule has 0 N–H and O–H groups in total. The number of hydrogen-bond donors (Lipinski definition) is 0. The Balaban J connectivity index is 2.12. The van der Waals surface area contributed by atoms with Crippen LogP contribution in [-0.2, 0) is 4.74 Å². The van der Waals surface area contributed by atoms with Crippen molar-refractivity contribution in [3.63, 3.8) is 0 Å². The third-order valence-corrected chi connectivity index (χ3v) is 2.83. The molecular formula is C13H19N3O. The molecule has 0 unspecified atom stereocenters. The minimum atomic E-state index is -0.0118. The van der Waals surface area contributed by atoms with Gasteiger partial charge >= 0.3 is 0 Å². The van der Waals surface area contributed by atoms with Crippen LogP contribution in [0.2, 0.25) is 0 Å². The fourth-order valence-corrected chi connectivity index (χ4v) is 2.10. The molecule has 1 saturated heterocycles. The minimum absolute atomic E-state index is 0.0118. The van der Waals surface area contributed by atoms with Gasteiger partial charge in [0.15, 0.2) is 5.82 Å². The highest BCUT2D eigenvalue weighted by Gasteiger charge is 2.23. The zero-order valence-corrected chi connectivity index (χ0v) is 10.5. The topological polar surface area (TPSA) is 38.2 Å². The van der Waals surface area contributed by atoms with Gasteiger partial charge in [-0.05, 0) is 19.9 Å². The first-order chi connectivity index (χ1) is 8.19. The molecule has 1 aromatic heterocycles. The molecule has 0 saturated carbocycles. The zero-order valence-electron chi connectivity index (χ0n) is 10.5. The third kappa shape index (κ3) is 3.11. The average molecular weight is 233 g/mol. The van der Waals surface area contributed by atoms with Gasteiger partial charge in [-0.2, -0.15) is 0 Å². The number of hydrogen-bond acceptors (Lipinski definition) is 4. The van der Waals surface area contributed by atoms with E-state index in [9.17, 15) is 0 Å². The quantitative estimate of drug-likeness (QED) is 0.744. The van der Waals surface area contributed by atoms with Gasteiger partial charge in [0.05, 0.1) is 6.61 Å². The summed E-state index contributed by atoms with van der Waals surface area (Å²) in [5.74, 6) is 0.802. The molecule has 0 amide bonds. The maximum absolute atomic E-state index is 5.75. The van der Waals surface area contributed by atoms with Crippen molar-refractivity contribution in [1.29, 1.82) is 0 Å². The van der Waals surface area contributed by atoms with Crippen molar-refractivity contribution in [2.75, 3.05) is 26.2 Å². The molecule has 1 aliphatic rings. The molecule has 2 rings (SSSR count). The van der Waals surface area contributed by atoms with Crippen LogP contribution >= 0.6 is 0 Å². The molecule has 2 heterocycles. The summed E-state index contributed by atoms with van der Waals surface area (Å²) >= 11 is 0. The van der Waals surface area contributed by atoms with Gasteiger partial charge in [-0.1, -0.05) is 6.08 Å². The molecule has 0 bridgehead atoms. The predicted octanol–water partition coefficient (Wildman–Crippen LogP) is 1.65. The van der Waals surface area contributed by atoms with Crippen molar-refractivity contribution < 1.29 is 4.74 Å². The minimum Gasteiger partial charge on any atom is -0.368 e. The van der Waals surface area contributed by atoms with Crippen LogP contribution in [0.15, 0.2) is 18.7 Å². The van der Waals surface area contributed by atoms with Crippen molar-refractivity contribution >= 4 is 0 Å². The van der Waals surface area contributed by atoms with E-state index in [0.717, 1.165) is 43.5 Å². The summed E-state index contributed by atoms with van der Waals surface area (Å²) in [6, 6.07) is 1.98. The van der Waals surface area contributed by atoms with E-state index in [1.54, 1.807) is 0 Å². The van der Waals surface area contributed by atoms with Crippen molar-refractivity contribution in [3.05, 3.63) is 35.9 Å². The number of aromatic nitrogens is 2. The Morgan fingerprint density at radius 1 is 1.47 bits per heavy atom. The van der Waals surface area contributed by atoms with Crippen LogP contribution in [-0.4, -0.2) is 41.1 Å². The van der Waals surface area contributed by atoms with E-state index in [0.29, 0.717) is 0 Å². The maximum atomic E-state index is 5.75. The third-order valence-electron chi connectivity index (χ3n) is 2.83. The standard InChI is InChI=1S/C13H19N3O/c1-4-5-16-6-7-17-12(9-16)13-14-10(2)8-11(3)15-13/h4,8,12H,1,5-7,9H2,2-3H3/t12-/m1/s1. The molecule has 0 radical (unpaired) electrons. The van der Waals surface area contributed by atoms with Gasteiger partial charge in [0.1, 0.15) is 6.10 Å². The highest BCUT2D eigenvalue weighted by atomic mass is 16.5. The highest BCUT2D eigenvalue weighted by molar-refractivity contribution is 5.10. The van der Waals surface area contributed by atoms with E-state index >= 15 is 0 Å². The Morgan fingerprint density at radius 3 is 2.82 bits per heavy atom. The highest BCUT2D eigenvalue weighted by Crippen LogP contribution is 2.19. The Bertz CT molecular complexity index is 385. The Hall–Kier alpha value is -1.26. The van der Waals surface area contributed by atoms with E-state index in [1.165, 1.54) is 0 Å². The monoisotopic (exact) mass is 233 g/mol. The summed E-state index contributed by atoms with van der Waals surface area (Å²) in [4.78, 5) is 11.2. The predicted molar refractivity (Wildman–Crippen MR) is 66.8 cm³/mol. The summed E-state index contributed by atoms with van der Waals surface area (Å²) in [5.41, 5.74) is 1.99. The fraction of sp³-hybridized carbons (Fsp3) is 0.538. The Morgan fingerprint density at radius 2 is 2.18 bits per heavy atom. The first-order valence-corrected chi connectivity index (χ1v) is 5.96. The molecule has 1 aromatic rings. The number of nitrogens with zero attached hydrogens (tertiary/aromatic N) is 3. The zero-order chi connectivity index (χ0) is 12.3. The van der Waals surface area contributed by atoms with Crippen LogP contribution in [0.5, 0.6) is 0 Å². The lowest BCUT2D eigenvalue weighted by atomic mass is 10.2. The molecule has 4 heteroatoms. The molecular weight excluding hydrogens is 214 g/mol. The number of morpholine rings is 1. The molecule has 1 atom stereocenters. The normalized spacial score (nSPS) is 21.4. The van der Waals surface area contributed by atoms with E-state index in [-0.39, 0.29) is 6.10 Å². The van der Waals surface area contributed by atoms with Crippen LogP contribution in [0.3, 0.4) is 0 Å². The summed E-state index contributed by atoms with van der Waals surface area (Å²) in [7, 11) is 0.